The van der Waals surface area contributed by atoms with Crippen LogP contribution in [-0.2, 0) is 4.74 Å². The number of alkyl carbamates (subject to hydrolysis) is 1. The van der Waals surface area contributed by atoms with Crippen molar-refractivity contribution >= 4 is 12.0 Å². The molecular weight excluding hydrogens is 403 g/mol. The van der Waals surface area contributed by atoms with Crippen molar-refractivity contribution in [2.45, 2.75) is 51.6 Å². The van der Waals surface area contributed by atoms with Crippen molar-refractivity contribution in [3.63, 3.8) is 0 Å². The van der Waals surface area contributed by atoms with Crippen LogP contribution in [0.25, 0.3) is 5.69 Å². The van der Waals surface area contributed by atoms with Crippen molar-refractivity contribution in [2.24, 2.45) is 0 Å². The average molecular weight is 427 g/mol. The first-order valence-corrected chi connectivity index (χ1v) is 9.51. The molecule has 0 radical (unpaired) electrons. The second-order valence-corrected chi connectivity index (χ2v) is 7.94. The summed E-state index contributed by atoms with van der Waals surface area (Å²) in [6.07, 6.45) is -2.22. The molecule has 1 aromatic heterocycles. The minimum absolute atomic E-state index is 0.0133. The van der Waals surface area contributed by atoms with Crippen LogP contribution in [0.4, 0.5) is 23.9 Å². The Labute approximate surface area is 172 Å². The number of aromatic nitrogens is 3. The number of amides is 1. The summed E-state index contributed by atoms with van der Waals surface area (Å²) in [5, 5.41) is 7.27. The Morgan fingerprint density at radius 2 is 1.77 bits per heavy atom. The van der Waals surface area contributed by atoms with Crippen LogP contribution in [0.3, 0.4) is 0 Å². The van der Waals surface area contributed by atoms with Crippen molar-refractivity contribution in [2.75, 3.05) is 18.0 Å². The zero-order valence-corrected chi connectivity index (χ0v) is 16.9. The second-order valence-electron chi connectivity index (χ2n) is 7.94. The molecule has 0 bridgehead atoms. The lowest BCUT2D eigenvalue weighted by Gasteiger charge is -2.32. The van der Waals surface area contributed by atoms with E-state index in [1.165, 1.54) is 35.3 Å². The summed E-state index contributed by atoms with van der Waals surface area (Å²) in [6, 6.07) is 5.39. The number of benzene rings is 1. The molecule has 2 heterocycles. The van der Waals surface area contributed by atoms with Crippen molar-refractivity contribution in [1.29, 1.82) is 0 Å². The lowest BCUT2D eigenvalue weighted by molar-refractivity contribution is -0.274. The number of alkyl halides is 3. The molecule has 1 aliphatic heterocycles. The predicted molar refractivity (Wildman–Crippen MR) is 103 cm³/mol. The van der Waals surface area contributed by atoms with Crippen LogP contribution in [-0.4, -0.2) is 52.0 Å². The normalized spacial score (nSPS) is 15.7. The molecule has 0 aliphatic carbocycles. The standard InChI is InChI=1S/C19H24F3N5O3/c1-18(2,3)30-17(28)24-13-8-10-26(11-9-13)16-23-12-27(25-16)14-4-6-15(7-5-14)29-19(20,21)22/h4-7,12-13H,8-11H2,1-3H3,(H,24,28). The summed E-state index contributed by atoms with van der Waals surface area (Å²) in [7, 11) is 0. The number of carbonyl (C=O) groups excluding carboxylic acids is 1. The highest BCUT2D eigenvalue weighted by Gasteiger charge is 2.31. The number of hydrogen-bond donors (Lipinski definition) is 1. The summed E-state index contributed by atoms with van der Waals surface area (Å²) in [5.41, 5.74) is 0.0169. The third-order valence-electron chi connectivity index (χ3n) is 4.31. The lowest BCUT2D eigenvalue weighted by atomic mass is 10.1. The molecule has 0 atom stereocenters. The molecule has 8 nitrogen and oxygen atoms in total. The number of rotatable bonds is 4. The number of ether oxygens (including phenoxy) is 2. The van der Waals surface area contributed by atoms with E-state index in [4.69, 9.17) is 4.74 Å². The van der Waals surface area contributed by atoms with Gasteiger partial charge in [0.05, 0.1) is 5.69 Å². The number of nitrogens with one attached hydrogen (secondary N) is 1. The fourth-order valence-electron chi connectivity index (χ4n) is 3.02. The first-order valence-electron chi connectivity index (χ1n) is 9.51. The van der Waals surface area contributed by atoms with Crippen LogP contribution in [0.2, 0.25) is 0 Å². The van der Waals surface area contributed by atoms with Gasteiger partial charge in [0.2, 0.25) is 5.95 Å². The van der Waals surface area contributed by atoms with Gasteiger partial charge in [0.1, 0.15) is 17.7 Å². The van der Waals surface area contributed by atoms with Gasteiger partial charge >= 0.3 is 12.5 Å². The van der Waals surface area contributed by atoms with Gasteiger partial charge in [-0.25, -0.2) is 9.48 Å². The molecule has 0 unspecified atom stereocenters. The molecule has 11 heteroatoms. The predicted octanol–water partition coefficient (Wildman–Crippen LogP) is 3.66. The Bertz CT molecular complexity index is 854. The molecule has 1 fully saturated rings. The maximum absolute atomic E-state index is 12.3. The minimum atomic E-state index is -4.73. The Morgan fingerprint density at radius 1 is 1.13 bits per heavy atom. The lowest BCUT2D eigenvalue weighted by Crippen LogP contribution is -2.46. The molecule has 1 saturated heterocycles. The number of carbonyl (C=O) groups is 1. The van der Waals surface area contributed by atoms with Gasteiger partial charge in [-0.1, -0.05) is 0 Å². The Morgan fingerprint density at radius 3 is 2.33 bits per heavy atom. The van der Waals surface area contributed by atoms with Crippen LogP contribution in [0.1, 0.15) is 33.6 Å². The summed E-state index contributed by atoms with van der Waals surface area (Å²) in [4.78, 5) is 18.2. The number of halogens is 3. The van der Waals surface area contributed by atoms with E-state index in [-0.39, 0.29) is 11.8 Å². The van der Waals surface area contributed by atoms with E-state index in [9.17, 15) is 18.0 Å². The molecule has 2 aromatic rings. The van der Waals surface area contributed by atoms with E-state index >= 15 is 0 Å². The van der Waals surface area contributed by atoms with Crippen molar-refractivity contribution < 1.29 is 27.4 Å². The molecule has 3 rings (SSSR count). The molecule has 30 heavy (non-hydrogen) atoms. The fourth-order valence-corrected chi connectivity index (χ4v) is 3.02. The Balaban J connectivity index is 1.54. The average Bonchev–Trinajstić information content (AvgIpc) is 3.10. The monoisotopic (exact) mass is 427 g/mol. The van der Waals surface area contributed by atoms with Crippen LogP contribution < -0.4 is 15.0 Å². The third-order valence-corrected chi connectivity index (χ3v) is 4.31. The number of hydrogen-bond acceptors (Lipinski definition) is 6. The number of piperidine rings is 1. The van der Waals surface area contributed by atoms with E-state index in [1.807, 2.05) is 25.7 Å². The van der Waals surface area contributed by atoms with Crippen LogP contribution >= 0.6 is 0 Å². The maximum atomic E-state index is 12.3. The number of nitrogens with zero attached hydrogens (tertiary/aromatic N) is 4. The first-order chi connectivity index (χ1) is 14.0. The highest BCUT2D eigenvalue weighted by atomic mass is 19.4. The van der Waals surface area contributed by atoms with Crippen molar-refractivity contribution in [3.8, 4) is 11.4 Å². The summed E-state index contributed by atoms with van der Waals surface area (Å²) in [5.74, 6) is 0.215. The largest absolute Gasteiger partial charge is 0.573 e. The molecule has 1 aliphatic rings. The molecule has 0 saturated carbocycles. The summed E-state index contributed by atoms with van der Waals surface area (Å²) in [6.45, 7) is 6.75. The Hall–Kier alpha value is -2.98. The van der Waals surface area contributed by atoms with Crippen molar-refractivity contribution in [1.82, 2.24) is 20.1 Å². The van der Waals surface area contributed by atoms with E-state index in [0.717, 1.165) is 12.8 Å². The van der Waals surface area contributed by atoms with Gasteiger partial charge in [0.25, 0.3) is 0 Å². The van der Waals surface area contributed by atoms with Crippen molar-refractivity contribution in [3.05, 3.63) is 30.6 Å². The molecule has 1 aromatic carbocycles. The Kier molecular flexibility index (Phi) is 6.09. The molecule has 0 spiro atoms. The molecule has 1 amide bonds. The number of anilines is 1. The van der Waals surface area contributed by atoms with Gasteiger partial charge in [0.15, 0.2) is 0 Å². The summed E-state index contributed by atoms with van der Waals surface area (Å²) < 4.78 is 47.4. The quantitative estimate of drug-likeness (QED) is 0.802. The SMILES string of the molecule is CC(C)(C)OC(=O)NC1CCN(c2ncn(-c3ccc(OC(F)(F)F)cc3)n2)CC1. The van der Waals surface area contributed by atoms with Gasteiger partial charge in [0, 0.05) is 19.1 Å². The zero-order valence-electron chi connectivity index (χ0n) is 16.9. The van der Waals surface area contributed by atoms with Gasteiger partial charge in [-0.05, 0) is 57.9 Å². The van der Waals surface area contributed by atoms with E-state index in [0.29, 0.717) is 24.7 Å². The maximum Gasteiger partial charge on any atom is 0.573 e. The van der Waals surface area contributed by atoms with Gasteiger partial charge in [-0.3, -0.25) is 0 Å². The van der Waals surface area contributed by atoms with Crippen LogP contribution in [0.15, 0.2) is 30.6 Å². The second kappa shape index (κ2) is 8.41. The molecule has 1 N–H and O–H groups in total. The van der Waals surface area contributed by atoms with E-state index in [1.54, 1.807) is 0 Å². The van der Waals surface area contributed by atoms with E-state index < -0.39 is 18.1 Å². The molecular formula is C19H24F3N5O3. The van der Waals surface area contributed by atoms with E-state index in [2.05, 4.69) is 20.1 Å². The van der Waals surface area contributed by atoms with Crippen LogP contribution in [0.5, 0.6) is 5.75 Å². The van der Waals surface area contributed by atoms with Crippen LogP contribution in [0, 0.1) is 0 Å². The summed E-state index contributed by atoms with van der Waals surface area (Å²) >= 11 is 0. The smallest absolute Gasteiger partial charge is 0.444 e. The van der Waals surface area contributed by atoms with Gasteiger partial charge in [-0.15, -0.1) is 18.3 Å². The highest BCUT2D eigenvalue weighted by molar-refractivity contribution is 5.68. The highest BCUT2D eigenvalue weighted by Crippen LogP contribution is 2.24. The fraction of sp³-hybridized carbons (Fsp3) is 0.526. The van der Waals surface area contributed by atoms with Gasteiger partial charge < -0.3 is 19.7 Å². The zero-order chi connectivity index (χ0) is 21.9. The van der Waals surface area contributed by atoms with Gasteiger partial charge in [-0.2, -0.15) is 4.98 Å². The molecule has 164 valence electrons. The minimum Gasteiger partial charge on any atom is -0.444 e. The third kappa shape index (κ3) is 6.26. The first kappa shape index (κ1) is 21.7. The topological polar surface area (TPSA) is 81.5 Å².